The second kappa shape index (κ2) is 9.79. The maximum atomic E-state index is 13.0. The number of piperidine rings is 1. The minimum atomic E-state index is -0.853. The zero-order valence-corrected chi connectivity index (χ0v) is 19.4. The van der Waals surface area contributed by atoms with Crippen LogP contribution in [-0.4, -0.2) is 49.8 Å². The van der Waals surface area contributed by atoms with Crippen LogP contribution in [0.1, 0.15) is 28.9 Å². The maximum Gasteiger partial charge on any atom is 0.253 e. The van der Waals surface area contributed by atoms with Crippen molar-refractivity contribution < 1.29 is 9.90 Å². The summed E-state index contributed by atoms with van der Waals surface area (Å²) in [6, 6.07) is 21.3. The van der Waals surface area contributed by atoms with Gasteiger partial charge < -0.3 is 14.7 Å². The Kier molecular flexibility index (Phi) is 6.42. The second-order valence-corrected chi connectivity index (χ2v) is 9.37. The summed E-state index contributed by atoms with van der Waals surface area (Å²) in [4.78, 5) is 20.3. The molecule has 7 nitrogen and oxygen atoms in total. The smallest absolute Gasteiger partial charge is 0.253 e. The lowest BCUT2D eigenvalue weighted by atomic mass is 9.86. The van der Waals surface area contributed by atoms with Crippen LogP contribution in [0.15, 0.2) is 84.0 Å². The van der Waals surface area contributed by atoms with Crippen molar-refractivity contribution in [1.82, 2.24) is 20.1 Å². The third-order valence-electron chi connectivity index (χ3n) is 6.13. The number of carbonyl (C=O) groups excluding carboxylic acids is 1. The van der Waals surface area contributed by atoms with Gasteiger partial charge in [0, 0.05) is 48.5 Å². The van der Waals surface area contributed by atoms with Crippen LogP contribution in [0.5, 0.6) is 0 Å². The van der Waals surface area contributed by atoms with Crippen LogP contribution >= 0.6 is 11.9 Å². The number of rotatable bonds is 6. The van der Waals surface area contributed by atoms with Crippen molar-refractivity contribution in [3.63, 3.8) is 0 Å². The van der Waals surface area contributed by atoms with Gasteiger partial charge in [0.05, 0.1) is 21.7 Å². The zero-order chi connectivity index (χ0) is 23.4. The van der Waals surface area contributed by atoms with Gasteiger partial charge >= 0.3 is 0 Å². The number of hydrogen-bond donors (Lipinski definition) is 2. The van der Waals surface area contributed by atoms with Crippen molar-refractivity contribution in [3.05, 3.63) is 90.4 Å². The monoisotopic (exact) mass is 471 g/mol. The van der Waals surface area contributed by atoms with E-state index in [1.807, 2.05) is 71.6 Å². The molecule has 0 atom stereocenters. The number of para-hydroxylation sites is 1. The second-order valence-electron chi connectivity index (χ2n) is 8.52. The van der Waals surface area contributed by atoms with Gasteiger partial charge in [0.15, 0.2) is 0 Å². The molecule has 5 rings (SSSR count). The number of pyridine rings is 1. The molecule has 2 N–H and O–H groups in total. The Morgan fingerprint density at radius 2 is 1.76 bits per heavy atom. The van der Waals surface area contributed by atoms with Gasteiger partial charge in [0.2, 0.25) is 0 Å². The van der Waals surface area contributed by atoms with Crippen LogP contribution < -0.4 is 4.72 Å². The molecule has 1 fully saturated rings. The Balaban J connectivity index is 1.17. The maximum absolute atomic E-state index is 13.0. The number of carbonyl (C=O) groups is 1. The summed E-state index contributed by atoms with van der Waals surface area (Å²) in [5.41, 5.74) is 2.42. The van der Waals surface area contributed by atoms with Gasteiger partial charge in [0.1, 0.15) is 0 Å². The molecular weight excluding hydrogens is 446 g/mol. The van der Waals surface area contributed by atoms with E-state index in [0.29, 0.717) is 37.9 Å². The van der Waals surface area contributed by atoms with Gasteiger partial charge in [-0.25, -0.2) is 0 Å². The van der Waals surface area contributed by atoms with Gasteiger partial charge in [-0.3, -0.25) is 9.78 Å². The Hall–Kier alpha value is -3.49. The van der Waals surface area contributed by atoms with Crippen LogP contribution in [0.4, 0.5) is 5.69 Å². The number of nitrogens with zero attached hydrogens (tertiary/aromatic N) is 4. The van der Waals surface area contributed by atoms with E-state index in [1.54, 1.807) is 12.4 Å². The molecule has 34 heavy (non-hydrogen) atoms. The first kappa shape index (κ1) is 22.3. The Bertz CT molecular complexity index is 1270. The fourth-order valence-electron chi connectivity index (χ4n) is 4.20. The summed E-state index contributed by atoms with van der Waals surface area (Å²) in [6.07, 6.45) is 4.90. The van der Waals surface area contributed by atoms with Crippen LogP contribution in [0, 0.1) is 0 Å². The minimum Gasteiger partial charge on any atom is -0.389 e. The number of anilines is 1. The van der Waals surface area contributed by atoms with E-state index in [2.05, 4.69) is 19.9 Å². The van der Waals surface area contributed by atoms with Gasteiger partial charge in [-0.1, -0.05) is 18.2 Å². The third kappa shape index (κ3) is 5.03. The predicted molar refractivity (Wildman–Crippen MR) is 133 cm³/mol. The van der Waals surface area contributed by atoms with E-state index in [1.165, 1.54) is 11.9 Å². The molecular formula is C26H25N5O2S. The minimum absolute atomic E-state index is 0.0148. The van der Waals surface area contributed by atoms with E-state index in [9.17, 15) is 9.90 Å². The van der Waals surface area contributed by atoms with Crippen molar-refractivity contribution in [1.29, 1.82) is 0 Å². The molecule has 0 unspecified atom stereocenters. The molecule has 0 radical (unpaired) electrons. The van der Waals surface area contributed by atoms with Crippen LogP contribution in [0.2, 0.25) is 0 Å². The Morgan fingerprint density at radius 3 is 2.53 bits per heavy atom. The van der Waals surface area contributed by atoms with Crippen LogP contribution in [0.3, 0.4) is 0 Å². The molecule has 1 aliphatic heterocycles. The molecule has 8 heteroatoms. The standard InChI is InChI=1S/C26H25N5O2S/c32-25(31-16-12-26(33,13-17-31)18-22-6-3-15-28-29-22)20-8-10-21(11-9-20)30-34-23-7-1-4-19-5-2-14-27-24(19)23/h1-11,14-15,30,33H,12-13,16-18H2. The van der Waals surface area contributed by atoms with Gasteiger partial charge in [-0.2, -0.15) is 10.2 Å². The number of benzene rings is 2. The topological polar surface area (TPSA) is 91.2 Å². The van der Waals surface area contributed by atoms with E-state index in [4.69, 9.17) is 0 Å². The molecule has 1 aliphatic rings. The summed E-state index contributed by atoms with van der Waals surface area (Å²) in [5.74, 6) is -0.0148. The van der Waals surface area contributed by atoms with Gasteiger partial charge in [-0.05, 0) is 73.3 Å². The number of aliphatic hydroxyl groups is 1. The lowest BCUT2D eigenvalue weighted by molar-refractivity contribution is -0.0170. The first-order valence-corrected chi connectivity index (χ1v) is 12.1. The number of nitrogens with one attached hydrogen (secondary N) is 1. The van der Waals surface area contributed by atoms with E-state index >= 15 is 0 Å². The highest BCUT2D eigenvalue weighted by Gasteiger charge is 2.34. The Labute approximate surface area is 202 Å². The highest BCUT2D eigenvalue weighted by molar-refractivity contribution is 8.00. The molecule has 0 bridgehead atoms. The molecule has 1 saturated heterocycles. The molecule has 1 amide bonds. The van der Waals surface area contributed by atoms with E-state index in [0.717, 1.165) is 27.2 Å². The highest BCUT2D eigenvalue weighted by atomic mass is 32.2. The number of fused-ring (bicyclic) bond motifs is 1. The molecule has 172 valence electrons. The van der Waals surface area contributed by atoms with Crippen molar-refractivity contribution in [2.75, 3.05) is 17.8 Å². The number of hydrogen-bond acceptors (Lipinski definition) is 7. The van der Waals surface area contributed by atoms with E-state index in [-0.39, 0.29) is 5.91 Å². The van der Waals surface area contributed by atoms with Crippen molar-refractivity contribution >= 4 is 34.4 Å². The largest absolute Gasteiger partial charge is 0.389 e. The average molecular weight is 472 g/mol. The molecule has 3 heterocycles. The lowest BCUT2D eigenvalue weighted by Crippen LogP contribution is -2.47. The molecule has 2 aromatic carbocycles. The SMILES string of the molecule is O=C(c1ccc(NSc2cccc3cccnc23)cc1)N1CCC(O)(Cc2cccnn2)CC1. The van der Waals surface area contributed by atoms with E-state index < -0.39 is 5.60 Å². The summed E-state index contributed by atoms with van der Waals surface area (Å²) in [5, 5.41) is 20.0. The Morgan fingerprint density at radius 1 is 1.00 bits per heavy atom. The quantitative estimate of drug-likeness (QED) is 0.404. The van der Waals surface area contributed by atoms with Crippen molar-refractivity contribution in [3.8, 4) is 0 Å². The molecule has 0 aliphatic carbocycles. The van der Waals surface area contributed by atoms with Gasteiger partial charge in [-0.15, -0.1) is 0 Å². The number of aromatic nitrogens is 3. The van der Waals surface area contributed by atoms with Crippen molar-refractivity contribution in [2.45, 2.75) is 29.8 Å². The zero-order valence-electron chi connectivity index (χ0n) is 18.6. The summed E-state index contributed by atoms with van der Waals surface area (Å²) in [6.45, 7) is 1.03. The lowest BCUT2D eigenvalue weighted by Gasteiger charge is -2.38. The third-order valence-corrected chi connectivity index (χ3v) is 7.01. The normalized spacial score (nSPS) is 15.3. The average Bonchev–Trinajstić information content (AvgIpc) is 2.88. The first-order chi connectivity index (χ1) is 16.6. The molecule has 2 aromatic heterocycles. The summed E-state index contributed by atoms with van der Waals surface area (Å²) < 4.78 is 3.34. The molecule has 4 aromatic rings. The fourth-order valence-corrected chi connectivity index (χ4v) is 4.98. The number of amides is 1. The first-order valence-electron chi connectivity index (χ1n) is 11.2. The van der Waals surface area contributed by atoms with Crippen LogP contribution in [-0.2, 0) is 6.42 Å². The summed E-state index contributed by atoms with van der Waals surface area (Å²) in [7, 11) is 0. The number of likely N-dealkylation sites (tertiary alicyclic amines) is 1. The predicted octanol–water partition coefficient (Wildman–Crippen LogP) is 4.35. The highest BCUT2D eigenvalue weighted by Crippen LogP contribution is 2.29. The van der Waals surface area contributed by atoms with Crippen molar-refractivity contribution in [2.24, 2.45) is 0 Å². The van der Waals surface area contributed by atoms with Crippen LogP contribution in [0.25, 0.3) is 10.9 Å². The summed E-state index contributed by atoms with van der Waals surface area (Å²) >= 11 is 1.50. The fraction of sp³-hybridized carbons (Fsp3) is 0.231. The molecule has 0 saturated carbocycles. The van der Waals surface area contributed by atoms with Gasteiger partial charge in [0.25, 0.3) is 5.91 Å². The molecule has 0 spiro atoms.